The lowest BCUT2D eigenvalue weighted by Gasteiger charge is -2.13. The van der Waals surface area contributed by atoms with E-state index in [1.165, 1.54) is 22.3 Å². The first-order valence-electron chi connectivity index (χ1n) is 9.27. The third-order valence-corrected chi connectivity index (χ3v) is 4.88. The Labute approximate surface area is 160 Å². The minimum atomic E-state index is 0.350. The molecule has 1 N–H and O–H groups in total. The Morgan fingerprint density at radius 2 is 1.07 bits per heavy atom. The van der Waals surface area contributed by atoms with Gasteiger partial charge in [0, 0.05) is 6.42 Å². The summed E-state index contributed by atoms with van der Waals surface area (Å²) in [6.07, 6.45) is 1.62. The summed E-state index contributed by atoms with van der Waals surface area (Å²) < 4.78 is 0. The zero-order valence-electron chi connectivity index (χ0n) is 15.2. The Morgan fingerprint density at radius 1 is 0.519 bits per heavy atom. The number of rotatable bonds is 5. The molecule has 0 spiro atoms. The fraction of sp³-hybridized carbons (Fsp3) is 0.0769. The molecule has 0 aromatic heterocycles. The molecule has 0 heterocycles. The van der Waals surface area contributed by atoms with Gasteiger partial charge in [-0.2, -0.15) is 0 Å². The van der Waals surface area contributed by atoms with Gasteiger partial charge >= 0.3 is 0 Å². The van der Waals surface area contributed by atoms with Crippen molar-refractivity contribution in [1.29, 1.82) is 0 Å². The van der Waals surface area contributed by atoms with Gasteiger partial charge in [0.1, 0.15) is 5.75 Å². The van der Waals surface area contributed by atoms with Gasteiger partial charge in [-0.15, -0.1) is 0 Å². The van der Waals surface area contributed by atoms with Gasteiger partial charge in [-0.25, -0.2) is 0 Å². The zero-order valence-corrected chi connectivity index (χ0v) is 15.2. The average molecular weight is 350 g/mol. The van der Waals surface area contributed by atoms with Crippen LogP contribution in [-0.4, -0.2) is 5.11 Å². The number of hydrogen-bond donors (Lipinski definition) is 1. The Kier molecular flexibility index (Phi) is 5.02. The van der Waals surface area contributed by atoms with Gasteiger partial charge in [-0.1, -0.05) is 91.0 Å². The largest absolute Gasteiger partial charge is 0.508 e. The molecule has 4 aromatic carbocycles. The lowest BCUT2D eigenvalue weighted by Crippen LogP contribution is -1.94. The third-order valence-electron chi connectivity index (χ3n) is 4.88. The number of phenols is 1. The topological polar surface area (TPSA) is 20.2 Å². The summed E-state index contributed by atoms with van der Waals surface area (Å²) in [4.78, 5) is 0. The van der Waals surface area contributed by atoms with Crippen molar-refractivity contribution in [2.45, 2.75) is 12.8 Å². The van der Waals surface area contributed by atoms with Crippen molar-refractivity contribution in [3.8, 4) is 16.9 Å². The molecule has 0 radical (unpaired) electrons. The number of hydrogen-bond acceptors (Lipinski definition) is 1. The quantitative estimate of drug-likeness (QED) is 0.451. The molecule has 0 saturated heterocycles. The highest BCUT2D eigenvalue weighted by atomic mass is 16.3. The van der Waals surface area contributed by atoms with Crippen LogP contribution in [0.15, 0.2) is 103 Å². The first-order chi connectivity index (χ1) is 13.3. The van der Waals surface area contributed by atoms with Gasteiger partial charge in [-0.05, 0) is 51.9 Å². The smallest absolute Gasteiger partial charge is 0.119 e. The van der Waals surface area contributed by atoms with Crippen molar-refractivity contribution < 1.29 is 5.11 Å². The van der Waals surface area contributed by atoms with Crippen LogP contribution in [0, 0.1) is 0 Å². The summed E-state index contributed by atoms with van der Waals surface area (Å²) in [5, 5.41) is 10.3. The van der Waals surface area contributed by atoms with Crippen LogP contribution in [0.1, 0.15) is 22.3 Å². The second-order valence-electron chi connectivity index (χ2n) is 6.83. The SMILES string of the molecule is Oc1ccc(-c2ccccc2Cc2ccccc2)cc1Cc1ccccc1. The van der Waals surface area contributed by atoms with Crippen molar-refractivity contribution in [3.63, 3.8) is 0 Å². The fourth-order valence-electron chi connectivity index (χ4n) is 3.48. The molecule has 4 rings (SSSR count). The molecule has 0 fully saturated rings. The maximum absolute atomic E-state index is 10.3. The lowest BCUT2D eigenvalue weighted by atomic mass is 9.93. The van der Waals surface area contributed by atoms with Gasteiger partial charge in [0.2, 0.25) is 0 Å². The van der Waals surface area contributed by atoms with Gasteiger partial charge < -0.3 is 5.11 Å². The van der Waals surface area contributed by atoms with Crippen molar-refractivity contribution in [3.05, 3.63) is 125 Å². The predicted octanol–water partition coefficient (Wildman–Crippen LogP) is 6.24. The Hall–Kier alpha value is -3.32. The molecule has 132 valence electrons. The Morgan fingerprint density at radius 3 is 1.74 bits per heavy atom. The molecule has 0 unspecified atom stereocenters. The zero-order chi connectivity index (χ0) is 18.5. The maximum atomic E-state index is 10.3. The first kappa shape index (κ1) is 17.1. The summed E-state index contributed by atoms with van der Waals surface area (Å²) in [5.41, 5.74) is 7.10. The summed E-state index contributed by atoms with van der Waals surface area (Å²) in [6, 6.07) is 35.2. The average Bonchev–Trinajstić information content (AvgIpc) is 2.72. The molecule has 27 heavy (non-hydrogen) atoms. The number of aromatic hydroxyl groups is 1. The lowest BCUT2D eigenvalue weighted by molar-refractivity contribution is 0.469. The van der Waals surface area contributed by atoms with Gasteiger partial charge in [0.25, 0.3) is 0 Å². The van der Waals surface area contributed by atoms with Crippen molar-refractivity contribution in [1.82, 2.24) is 0 Å². The van der Waals surface area contributed by atoms with E-state index >= 15 is 0 Å². The molecule has 4 aromatic rings. The molecule has 0 aliphatic carbocycles. The second-order valence-corrected chi connectivity index (χ2v) is 6.83. The summed E-state index contributed by atoms with van der Waals surface area (Å²) in [6.45, 7) is 0. The molecular weight excluding hydrogens is 328 g/mol. The molecule has 1 nitrogen and oxygen atoms in total. The van der Waals surface area contributed by atoms with Crippen molar-refractivity contribution in [2.75, 3.05) is 0 Å². The highest BCUT2D eigenvalue weighted by molar-refractivity contribution is 5.70. The molecule has 0 atom stereocenters. The molecular formula is C26H22O. The van der Waals surface area contributed by atoms with Gasteiger partial charge in [0.15, 0.2) is 0 Å². The minimum absolute atomic E-state index is 0.350. The predicted molar refractivity (Wildman–Crippen MR) is 112 cm³/mol. The highest BCUT2D eigenvalue weighted by Crippen LogP contribution is 2.30. The molecule has 0 aliphatic heterocycles. The molecule has 0 amide bonds. The highest BCUT2D eigenvalue weighted by Gasteiger charge is 2.09. The van der Waals surface area contributed by atoms with Crippen molar-refractivity contribution >= 4 is 0 Å². The van der Waals surface area contributed by atoms with Gasteiger partial charge in [0.05, 0.1) is 0 Å². The van der Waals surface area contributed by atoms with Crippen LogP contribution in [-0.2, 0) is 12.8 Å². The monoisotopic (exact) mass is 350 g/mol. The number of phenolic OH excluding ortho intramolecular Hbond substituents is 1. The molecule has 1 heteroatoms. The summed E-state index contributed by atoms with van der Waals surface area (Å²) in [7, 11) is 0. The van der Waals surface area contributed by atoms with Crippen LogP contribution in [0.25, 0.3) is 11.1 Å². The Bertz CT molecular complexity index is 1020. The van der Waals surface area contributed by atoms with Crippen LogP contribution < -0.4 is 0 Å². The summed E-state index contributed by atoms with van der Waals surface area (Å²) in [5.74, 6) is 0.350. The van der Waals surface area contributed by atoms with E-state index in [-0.39, 0.29) is 0 Å². The Balaban J connectivity index is 1.69. The van der Waals surface area contributed by atoms with E-state index in [0.717, 1.165) is 24.0 Å². The van der Waals surface area contributed by atoms with Crippen LogP contribution in [0.3, 0.4) is 0 Å². The van der Waals surface area contributed by atoms with Crippen LogP contribution >= 0.6 is 0 Å². The van der Waals surface area contributed by atoms with Crippen LogP contribution in [0.2, 0.25) is 0 Å². The number of benzene rings is 4. The minimum Gasteiger partial charge on any atom is -0.508 e. The van der Waals surface area contributed by atoms with E-state index in [4.69, 9.17) is 0 Å². The van der Waals surface area contributed by atoms with E-state index in [1.54, 1.807) is 0 Å². The van der Waals surface area contributed by atoms with E-state index in [9.17, 15) is 5.11 Å². The first-order valence-corrected chi connectivity index (χ1v) is 9.27. The second kappa shape index (κ2) is 7.92. The molecule has 0 aliphatic rings. The van der Waals surface area contributed by atoms with Crippen LogP contribution in [0.4, 0.5) is 0 Å². The maximum Gasteiger partial charge on any atom is 0.119 e. The van der Waals surface area contributed by atoms with Gasteiger partial charge in [-0.3, -0.25) is 0 Å². The normalized spacial score (nSPS) is 10.7. The molecule has 0 bridgehead atoms. The standard InChI is InChI=1S/C26H22O/c27-26-16-15-23(19-24(26)18-21-11-5-2-6-12-21)25-14-8-7-13-22(25)17-20-9-3-1-4-10-20/h1-16,19,27H,17-18H2. The summed E-state index contributed by atoms with van der Waals surface area (Å²) >= 11 is 0. The van der Waals surface area contributed by atoms with E-state index in [1.807, 2.05) is 36.4 Å². The van der Waals surface area contributed by atoms with Crippen molar-refractivity contribution in [2.24, 2.45) is 0 Å². The third kappa shape index (κ3) is 4.09. The van der Waals surface area contributed by atoms with E-state index in [2.05, 4.69) is 66.7 Å². The van der Waals surface area contributed by atoms with Crippen LogP contribution in [0.5, 0.6) is 5.75 Å². The fourth-order valence-corrected chi connectivity index (χ4v) is 3.48. The van der Waals surface area contributed by atoms with E-state index < -0.39 is 0 Å². The van der Waals surface area contributed by atoms with E-state index in [0.29, 0.717) is 5.75 Å². The molecule has 0 saturated carbocycles.